The van der Waals surface area contributed by atoms with Crippen LogP contribution >= 0.6 is 23.2 Å². The highest BCUT2D eigenvalue weighted by molar-refractivity contribution is 6.46. The van der Waals surface area contributed by atoms with Crippen molar-refractivity contribution in [1.82, 2.24) is 4.90 Å². The summed E-state index contributed by atoms with van der Waals surface area (Å²) < 4.78 is 5.36. The number of Topliss-reactive ketones (excluding diaryl/α,β-unsaturated/α-hetero) is 1. The van der Waals surface area contributed by atoms with Gasteiger partial charge in [-0.05, 0) is 54.1 Å². The van der Waals surface area contributed by atoms with Crippen molar-refractivity contribution in [2.24, 2.45) is 0 Å². The number of aliphatic hydroxyl groups excluding tert-OH is 1. The molecule has 29 heavy (non-hydrogen) atoms. The summed E-state index contributed by atoms with van der Waals surface area (Å²) in [6.07, 6.45) is 1.50. The van der Waals surface area contributed by atoms with Crippen molar-refractivity contribution in [3.63, 3.8) is 0 Å². The maximum absolute atomic E-state index is 12.9. The fraction of sp³-hybridized carbons (Fsp3) is 0.0909. The normalized spacial score (nSPS) is 18.4. The first-order chi connectivity index (χ1) is 14.0. The van der Waals surface area contributed by atoms with Gasteiger partial charge in [-0.15, -0.1) is 0 Å². The molecule has 4 rings (SSSR count). The number of carbonyl (C=O) groups excluding carboxylic acids is 2. The standard InChI is InChI=1S/C22H15Cl2NO4/c23-15-7-3-13(4-8-15)19-18(20(26)14-5-9-16(24)10-6-14)21(27)22(28)25(19)12-17-2-1-11-29-17/h1-11,19,26H,12H2/b20-18+/t19-/m1/s1. The van der Waals surface area contributed by atoms with Crippen LogP contribution in [0.2, 0.25) is 10.0 Å². The summed E-state index contributed by atoms with van der Waals surface area (Å²) in [6.45, 7) is 0.0856. The Morgan fingerprint density at radius 3 is 2.17 bits per heavy atom. The van der Waals surface area contributed by atoms with Crippen molar-refractivity contribution in [1.29, 1.82) is 0 Å². The zero-order valence-corrected chi connectivity index (χ0v) is 16.5. The van der Waals surface area contributed by atoms with E-state index < -0.39 is 17.7 Å². The van der Waals surface area contributed by atoms with Gasteiger partial charge in [0.2, 0.25) is 0 Å². The van der Waals surface area contributed by atoms with Crippen molar-refractivity contribution in [3.05, 3.63) is 99.4 Å². The van der Waals surface area contributed by atoms with E-state index in [2.05, 4.69) is 0 Å². The molecule has 7 heteroatoms. The molecule has 0 bridgehead atoms. The Balaban J connectivity index is 1.86. The molecule has 1 saturated heterocycles. The number of carbonyl (C=O) groups is 2. The molecular formula is C22H15Cl2NO4. The number of nitrogens with zero attached hydrogens (tertiary/aromatic N) is 1. The van der Waals surface area contributed by atoms with Gasteiger partial charge in [-0.2, -0.15) is 0 Å². The second-order valence-electron chi connectivity index (χ2n) is 6.56. The molecule has 0 unspecified atom stereocenters. The molecule has 3 aromatic rings. The summed E-state index contributed by atoms with van der Waals surface area (Å²) >= 11 is 11.9. The molecule has 5 nitrogen and oxygen atoms in total. The van der Waals surface area contributed by atoms with Crippen molar-refractivity contribution in [3.8, 4) is 0 Å². The molecular weight excluding hydrogens is 413 g/mol. The Labute approximate surface area is 176 Å². The largest absolute Gasteiger partial charge is 0.507 e. The molecule has 1 aliphatic heterocycles. The van der Waals surface area contributed by atoms with Gasteiger partial charge in [-0.3, -0.25) is 9.59 Å². The highest BCUT2D eigenvalue weighted by Gasteiger charge is 2.46. The van der Waals surface area contributed by atoms with E-state index in [0.29, 0.717) is 26.9 Å². The van der Waals surface area contributed by atoms with Gasteiger partial charge in [0, 0.05) is 15.6 Å². The Morgan fingerprint density at radius 2 is 1.59 bits per heavy atom. The van der Waals surface area contributed by atoms with E-state index in [1.165, 1.54) is 11.2 Å². The zero-order valence-electron chi connectivity index (χ0n) is 15.0. The lowest BCUT2D eigenvalue weighted by Gasteiger charge is -2.24. The van der Waals surface area contributed by atoms with Gasteiger partial charge < -0.3 is 14.4 Å². The number of hydrogen-bond acceptors (Lipinski definition) is 4. The van der Waals surface area contributed by atoms with E-state index in [-0.39, 0.29) is 17.9 Å². The summed E-state index contributed by atoms with van der Waals surface area (Å²) in [4.78, 5) is 27.1. The zero-order chi connectivity index (χ0) is 20.5. The van der Waals surface area contributed by atoms with Gasteiger partial charge in [0.15, 0.2) is 0 Å². The van der Waals surface area contributed by atoms with Crippen LogP contribution in [-0.4, -0.2) is 21.7 Å². The second-order valence-corrected chi connectivity index (χ2v) is 7.44. The fourth-order valence-corrected chi connectivity index (χ4v) is 3.62. The lowest BCUT2D eigenvalue weighted by Crippen LogP contribution is -2.29. The van der Waals surface area contributed by atoms with Crippen LogP contribution in [0.25, 0.3) is 5.76 Å². The molecule has 0 radical (unpaired) electrons. The number of furan rings is 1. The molecule has 2 aromatic carbocycles. The first-order valence-electron chi connectivity index (χ1n) is 8.78. The smallest absolute Gasteiger partial charge is 0.296 e. The van der Waals surface area contributed by atoms with Gasteiger partial charge in [-0.1, -0.05) is 35.3 Å². The lowest BCUT2D eigenvalue weighted by molar-refractivity contribution is -0.140. The predicted molar refractivity (Wildman–Crippen MR) is 109 cm³/mol. The topological polar surface area (TPSA) is 70.8 Å². The average Bonchev–Trinajstić information content (AvgIpc) is 3.31. The number of halogens is 2. The highest BCUT2D eigenvalue weighted by Crippen LogP contribution is 2.40. The number of benzene rings is 2. The second kappa shape index (κ2) is 7.78. The lowest BCUT2D eigenvalue weighted by atomic mass is 9.95. The van der Waals surface area contributed by atoms with Crippen molar-refractivity contribution >= 4 is 40.7 Å². The molecule has 1 atom stereocenters. The summed E-state index contributed by atoms with van der Waals surface area (Å²) in [5, 5.41) is 11.9. The van der Waals surface area contributed by atoms with E-state index in [4.69, 9.17) is 27.6 Å². The van der Waals surface area contributed by atoms with Gasteiger partial charge in [0.1, 0.15) is 11.5 Å². The molecule has 0 spiro atoms. The van der Waals surface area contributed by atoms with E-state index >= 15 is 0 Å². The van der Waals surface area contributed by atoms with Gasteiger partial charge >= 0.3 is 0 Å². The van der Waals surface area contributed by atoms with Crippen molar-refractivity contribution in [2.75, 3.05) is 0 Å². The Kier molecular flexibility index (Phi) is 5.18. The van der Waals surface area contributed by atoms with Crippen LogP contribution < -0.4 is 0 Å². The molecule has 1 amide bonds. The van der Waals surface area contributed by atoms with Crippen LogP contribution in [0.4, 0.5) is 0 Å². The molecule has 1 N–H and O–H groups in total. The molecule has 2 heterocycles. The summed E-state index contributed by atoms with van der Waals surface area (Å²) in [7, 11) is 0. The first-order valence-corrected chi connectivity index (χ1v) is 9.53. The van der Waals surface area contributed by atoms with Crippen molar-refractivity contribution < 1.29 is 19.1 Å². The SMILES string of the molecule is O=C1C(=O)N(Cc2ccco2)[C@H](c2ccc(Cl)cc2)/C1=C(\O)c1ccc(Cl)cc1. The van der Waals surface area contributed by atoms with Crippen LogP contribution in [0.5, 0.6) is 0 Å². The predicted octanol–water partition coefficient (Wildman–Crippen LogP) is 5.21. The number of likely N-dealkylation sites (tertiary alicyclic amines) is 1. The minimum absolute atomic E-state index is 0.00574. The van der Waals surface area contributed by atoms with Gasteiger partial charge in [0.05, 0.1) is 24.4 Å². The third kappa shape index (κ3) is 3.67. The number of rotatable bonds is 4. The van der Waals surface area contributed by atoms with Crippen molar-refractivity contribution in [2.45, 2.75) is 12.6 Å². The first kappa shape index (κ1) is 19.3. The quantitative estimate of drug-likeness (QED) is 0.352. The molecule has 1 aromatic heterocycles. The fourth-order valence-electron chi connectivity index (χ4n) is 3.37. The Morgan fingerprint density at radius 1 is 0.966 bits per heavy atom. The molecule has 146 valence electrons. The van der Waals surface area contributed by atoms with Gasteiger partial charge in [-0.25, -0.2) is 0 Å². The molecule has 1 aliphatic rings. The van der Waals surface area contributed by atoms with E-state index in [1.807, 2.05) is 0 Å². The molecule has 0 saturated carbocycles. The molecule has 0 aliphatic carbocycles. The van der Waals surface area contributed by atoms with Crippen LogP contribution in [0, 0.1) is 0 Å². The van der Waals surface area contributed by atoms with Gasteiger partial charge in [0.25, 0.3) is 11.7 Å². The maximum atomic E-state index is 12.9. The average molecular weight is 428 g/mol. The Hall–Kier alpha value is -3.02. The highest BCUT2D eigenvalue weighted by atomic mass is 35.5. The van der Waals surface area contributed by atoms with Crippen LogP contribution in [0.3, 0.4) is 0 Å². The number of aliphatic hydroxyl groups is 1. The minimum Gasteiger partial charge on any atom is -0.507 e. The van der Waals surface area contributed by atoms with E-state index in [0.717, 1.165) is 0 Å². The van der Waals surface area contributed by atoms with Crippen LogP contribution in [0.1, 0.15) is 22.9 Å². The third-order valence-electron chi connectivity index (χ3n) is 4.75. The number of hydrogen-bond donors (Lipinski definition) is 1. The Bertz CT molecular complexity index is 1090. The van der Waals surface area contributed by atoms with E-state index in [1.54, 1.807) is 60.7 Å². The number of ketones is 1. The minimum atomic E-state index is -0.784. The van der Waals surface area contributed by atoms with E-state index in [9.17, 15) is 14.7 Å². The van der Waals surface area contributed by atoms with Crippen LogP contribution in [-0.2, 0) is 16.1 Å². The third-order valence-corrected chi connectivity index (χ3v) is 5.25. The molecule has 1 fully saturated rings. The summed E-state index contributed by atoms with van der Waals surface area (Å²) in [6, 6.07) is 15.8. The summed E-state index contributed by atoms with van der Waals surface area (Å²) in [5.41, 5.74) is 1.05. The summed E-state index contributed by atoms with van der Waals surface area (Å²) in [5.74, 6) is -1.21. The van der Waals surface area contributed by atoms with Crippen LogP contribution in [0.15, 0.2) is 76.9 Å². The maximum Gasteiger partial charge on any atom is 0.296 e. The number of amides is 1. The monoisotopic (exact) mass is 427 g/mol.